The number of hydrogen-bond donors (Lipinski definition) is 1. The largest absolute Gasteiger partial charge is 0.361 e. The van der Waals surface area contributed by atoms with Gasteiger partial charge in [-0.3, -0.25) is 9.59 Å². The van der Waals surface area contributed by atoms with Crippen LogP contribution in [0.5, 0.6) is 0 Å². The quantitative estimate of drug-likeness (QED) is 0.936. The number of nitrogens with one attached hydrogen (secondary N) is 1. The van der Waals surface area contributed by atoms with E-state index in [0.29, 0.717) is 24.5 Å². The third-order valence-corrected chi connectivity index (χ3v) is 4.93. The molecule has 3 rings (SSSR count). The average molecular weight is 333 g/mol. The minimum atomic E-state index is -0.111. The fourth-order valence-electron chi connectivity index (χ4n) is 2.67. The van der Waals surface area contributed by atoms with Gasteiger partial charge in [0, 0.05) is 30.1 Å². The van der Waals surface area contributed by atoms with Crippen molar-refractivity contribution in [3.8, 4) is 0 Å². The smallest absolute Gasteiger partial charge is 0.276 e. The number of aromatic nitrogens is 1. The SMILES string of the molecule is Cc1cc(C(=O)N2CCC(NC(=O)c3ccc(C)s3)CC2)no1. The molecule has 6 nitrogen and oxygen atoms in total. The molecule has 0 bridgehead atoms. The number of rotatable bonds is 3. The van der Waals surface area contributed by atoms with Gasteiger partial charge < -0.3 is 14.7 Å². The van der Waals surface area contributed by atoms with Crippen LogP contribution in [0.1, 0.15) is 43.6 Å². The molecule has 3 heterocycles. The summed E-state index contributed by atoms with van der Waals surface area (Å²) in [4.78, 5) is 28.1. The lowest BCUT2D eigenvalue weighted by Gasteiger charge is -2.31. The lowest BCUT2D eigenvalue weighted by Crippen LogP contribution is -2.46. The number of nitrogens with zero attached hydrogens (tertiary/aromatic N) is 2. The van der Waals surface area contributed by atoms with E-state index in [1.54, 1.807) is 17.9 Å². The monoisotopic (exact) mass is 333 g/mol. The van der Waals surface area contributed by atoms with Gasteiger partial charge in [0.05, 0.1) is 4.88 Å². The molecular weight excluding hydrogens is 314 g/mol. The molecule has 1 aliphatic rings. The summed E-state index contributed by atoms with van der Waals surface area (Å²) in [5.74, 6) is 0.488. The molecule has 7 heteroatoms. The van der Waals surface area contributed by atoms with E-state index in [0.717, 1.165) is 22.6 Å². The fourth-order valence-corrected chi connectivity index (χ4v) is 3.44. The standard InChI is InChI=1S/C16H19N3O3S/c1-10-9-13(18-22-10)16(21)19-7-5-12(6-8-19)17-15(20)14-4-3-11(2)23-14/h3-4,9,12H,5-8H2,1-2H3,(H,17,20). The number of likely N-dealkylation sites (tertiary alicyclic amines) is 1. The van der Waals surface area contributed by atoms with Crippen molar-refractivity contribution < 1.29 is 14.1 Å². The van der Waals surface area contributed by atoms with Crippen LogP contribution in [0, 0.1) is 13.8 Å². The number of thiophene rings is 1. The van der Waals surface area contributed by atoms with Crippen molar-refractivity contribution in [2.45, 2.75) is 32.7 Å². The van der Waals surface area contributed by atoms with Crippen molar-refractivity contribution in [2.24, 2.45) is 0 Å². The summed E-state index contributed by atoms with van der Waals surface area (Å²) in [6, 6.07) is 5.55. The first-order valence-electron chi connectivity index (χ1n) is 7.63. The van der Waals surface area contributed by atoms with E-state index < -0.39 is 0 Å². The van der Waals surface area contributed by atoms with Gasteiger partial charge in [-0.2, -0.15) is 0 Å². The minimum Gasteiger partial charge on any atom is -0.361 e. The normalized spacial score (nSPS) is 15.7. The Morgan fingerprint density at radius 3 is 2.61 bits per heavy atom. The minimum absolute atomic E-state index is 0.0278. The summed E-state index contributed by atoms with van der Waals surface area (Å²) in [6.07, 6.45) is 1.50. The van der Waals surface area contributed by atoms with Gasteiger partial charge in [-0.25, -0.2) is 0 Å². The molecule has 0 aromatic carbocycles. The molecule has 1 aliphatic heterocycles. The van der Waals surface area contributed by atoms with Crippen molar-refractivity contribution in [3.63, 3.8) is 0 Å². The van der Waals surface area contributed by atoms with Crippen LogP contribution < -0.4 is 5.32 Å². The molecule has 122 valence electrons. The van der Waals surface area contributed by atoms with Crippen LogP contribution in [-0.2, 0) is 0 Å². The van der Waals surface area contributed by atoms with Gasteiger partial charge in [0.1, 0.15) is 5.76 Å². The molecule has 1 saturated heterocycles. The predicted octanol–water partition coefficient (Wildman–Crippen LogP) is 2.39. The molecule has 0 radical (unpaired) electrons. The van der Waals surface area contributed by atoms with Gasteiger partial charge in [0.15, 0.2) is 5.69 Å². The number of amides is 2. The summed E-state index contributed by atoms with van der Waals surface area (Å²) < 4.78 is 4.95. The van der Waals surface area contributed by atoms with Gasteiger partial charge in [-0.05, 0) is 38.8 Å². The third-order valence-electron chi connectivity index (χ3n) is 3.93. The van der Waals surface area contributed by atoms with Crippen molar-refractivity contribution in [3.05, 3.63) is 39.4 Å². The molecule has 2 aromatic rings. The van der Waals surface area contributed by atoms with Crippen molar-refractivity contribution in [1.29, 1.82) is 0 Å². The maximum absolute atomic E-state index is 12.3. The van der Waals surface area contributed by atoms with E-state index in [1.165, 1.54) is 11.3 Å². The van der Waals surface area contributed by atoms with Crippen LogP contribution >= 0.6 is 11.3 Å². The van der Waals surface area contributed by atoms with E-state index in [2.05, 4.69) is 10.5 Å². The highest BCUT2D eigenvalue weighted by atomic mass is 32.1. The molecule has 23 heavy (non-hydrogen) atoms. The lowest BCUT2D eigenvalue weighted by molar-refractivity contribution is 0.0688. The van der Waals surface area contributed by atoms with Crippen molar-refractivity contribution in [2.75, 3.05) is 13.1 Å². The predicted molar refractivity (Wildman–Crippen MR) is 86.7 cm³/mol. The average Bonchev–Trinajstić information content (AvgIpc) is 3.16. The Balaban J connectivity index is 1.52. The van der Waals surface area contributed by atoms with Crippen LogP contribution in [0.2, 0.25) is 0 Å². The lowest BCUT2D eigenvalue weighted by atomic mass is 10.0. The molecule has 0 spiro atoms. The number of carbonyl (C=O) groups excluding carboxylic acids is 2. The molecule has 0 aliphatic carbocycles. The Kier molecular flexibility index (Phi) is 4.47. The highest BCUT2D eigenvalue weighted by Crippen LogP contribution is 2.17. The summed E-state index contributed by atoms with van der Waals surface area (Å²) >= 11 is 1.49. The first kappa shape index (κ1) is 15.7. The van der Waals surface area contributed by atoms with Gasteiger partial charge in [0.2, 0.25) is 0 Å². The highest BCUT2D eigenvalue weighted by molar-refractivity contribution is 7.13. The Labute approximate surface area is 138 Å². The maximum atomic E-state index is 12.3. The number of hydrogen-bond acceptors (Lipinski definition) is 5. The Morgan fingerprint density at radius 2 is 2.04 bits per heavy atom. The zero-order valence-electron chi connectivity index (χ0n) is 13.2. The molecule has 0 atom stereocenters. The van der Waals surface area contributed by atoms with Gasteiger partial charge >= 0.3 is 0 Å². The molecule has 1 N–H and O–H groups in total. The van der Waals surface area contributed by atoms with Crippen LogP contribution in [0.3, 0.4) is 0 Å². The first-order chi connectivity index (χ1) is 11.0. The molecule has 2 amide bonds. The van der Waals surface area contributed by atoms with Crippen molar-refractivity contribution >= 4 is 23.2 Å². The van der Waals surface area contributed by atoms with Crippen LogP contribution in [0.25, 0.3) is 0 Å². The van der Waals surface area contributed by atoms with Crippen LogP contribution in [0.4, 0.5) is 0 Å². The van der Waals surface area contributed by atoms with Gasteiger partial charge in [0.25, 0.3) is 11.8 Å². The number of carbonyl (C=O) groups is 2. The Bertz CT molecular complexity index is 714. The summed E-state index contributed by atoms with van der Waals surface area (Å²) in [6.45, 7) is 4.97. The van der Waals surface area contributed by atoms with E-state index in [1.807, 2.05) is 19.1 Å². The fraction of sp³-hybridized carbons (Fsp3) is 0.438. The van der Waals surface area contributed by atoms with Gasteiger partial charge in [-0.15, -0.1) is 11.3 Å². The summed E-state index contributed by atoms with van der Waals surface area (Å²) in [5, 5.41) is 6.82. The summed E-state index contributed by atoms with van der Waals surface area (Å²) in [5.41, 5.74) is 0.346. The van der Waals surface area contributed by atoms with Crippen LogP contribution in [-0.4, -0.2) is 41.0 Å². The second-order valence-electron chi connectivity index (χ2n) is 5.77. The molecule has 2 aromatic heterocycles. The van der Waals surface area contributed by atoms with Crippen LogP contribution in [0.15, 0.2) is 22.7 Å². The maximum Gasteiger partial charge on any atom is 0.276 e. The Hall–Kier alpha value is -2.15. The second kappa shape index (κ2) is 6.54. The zero-order valence-corrected chi connectivity index (χ0v) is 14.0. The second-order valence-corrected chi connectivity index (χ2v) is 7.06. The van der Waals surface area contributed by atoms with E-state index in [4.69, 9.17) is 4.52 Å². The third kappa shape index (κ3) is 3.61. The molecular formula is C16H19N3O3S. The molecule has 0 saturated carbocycles. The zero-order chi connectivity index (χ0) is 16.4. The summed E-state index contributed by atoms with van der Waals surface area (Å²) in [7, 11) is 0. The molecule has 0 unspecified atom stereocenters. The van der Waals surface area contributed by atoms with E-state index in [9.17, 15) is 9.59 Å². The molecule has 1 fully saturated rings. The number of aryl methyl sites for hydroxylation is 2. The van der Waals surface area contributed by atoms with E-state index >= 15 is 0 Å². The number of piperidine rings is 1. The Morgan fingerprint density at radius 1 is 1.30 bits per heavy atom. The van der Waals surface area contributed by atoms with Gasteiger partial charge in [-0.1, -0.05) is 5.16 Å². The van der Waals surface area contributed by atoms with Crippen molar-refractivity contribution in [1.82, 2.24) is 15.4 Å². The van der Waals surface area contributed by atoms with E-state index in [-0.39, 0.29) is 17.9 Å². The highest BCUT2D eigenvalue weighted by Gasteiger charge is 2.26. The topological polar surface area (TPSA) is 75.4 Å². The first-order valence-corrected chi connectivity index (χ1v) is 8.44.